The lowest BCUT2D eigenvalue weighted by atomic mass is 9.75. The van der Waals surface area contributed by atoms with Crippen LogP contribution in [0.15, 0.2) is 0 Å². The molecule has 0 radical (unpaired) electrons. The number of rotatable bonds is 5. The lowest BCUT2D eigenvalue weighted by Crippen LogP contribution is -2.40. The van der Waals surface area contributed by atoms with Crippen molar-refractivity contribution in [3.05, 3.63) is 0 Å². The van der Waals surface area contributed by atoms with Crippen LogP contribution in [0.5, 0.6) is 0 Å². The second-order valence-electron chi connectivity index (χ2n) is 6.17. The second-order valence-corrected chi connectivity index (χ2v) is 6.17. The highest BCUT2D eigenvalue weighted by Crippen LogP contribution is 2.45. The highest BCUT2D eigenvalue weighted by Gasteiger charge is 2.42. The first-order chi connectivity index (χ1) is 7.85. The minimum absolute atomic E-state index is 0.878. The first-order valence-electron chi connectivity index (χ1n) is 7.15. The van der Waals surface area contributed by atoms with Crippen LogP contribution in [-0.4, -0.2) is 37.7 Å². The number of hydrogen-bond acceptors (Lipinski definition) is 2. The van der Waals surface area contributed by atoms with Gasteiger partial charge in [0.15, 0.2) is 0 Å². The van der Waals surface area contributed by atoms with Crippen LogP contribution in [0.3, 0.4) is 0 Å². The molecule has 2 unspecified atom stereocenters. The fraction of sp³-hybridized carbons (Fsp3) is 1.00. The molecule has 3 rings (SSSR count). The van der Waals surface area contributed by atoms with E-state index < -0.39 is 0 Å². The Bertz CT molecular complexity index is 237. The molecule has 0 aromatic carbocycles. The molecule has 1 heterocycles. The van der Waals surface area contributed by atoms with E-state index in [2.05, 4.69) is 11.8 Å². The van der Waals surface area contributed by atoms with Crippen LogP contribution in [0.2, 0.25) is 0 Å². The fourth-order valence-electron chi connectivity index (χ4n) is 3.63. The van der Waals surface area contributed by atoms with Gasteiger partial charge in [0.05, 0.1) is 0 Å². The molecular weight excluding hydrogens is 198 g/mol. The zero-order valence-electron chi connectivity index (χ0n) is 10.5. The summed E-state index contributed by atoms with van der Waals surface area (Å²) >= 11 is 0. The van der Waals surface area contributed by atoms with Gasteiger partial charge < -0.3 is 9.64 Å². The van der Waals surface area contributed by atoms with Crippen molar-refractivity contribution in [3.8, 4) is 0 Å². The third kappa shape index (κ3) is 2.43. The van der Waals surface area contributed by atoms with E-state index >= 15 is 0 Å². The molecule has 2 heteroatoms. The predicted molar refractivity (Wildman–Crippen MR) is 65.4 cm³/mol. The van der Waals surface area contributed by atoms with Gasteiger partial charge in [-0.2, -0.15) is 0 Å². The van der Waals surface area contributed by atoms with Crippen molar-refractivity contribution in [2.75, 3.05) is 32.8 Å². The van der Waals surface area contributed by atoms with E-state index in [1.54, 1.807) is 0 Å². The Kier molecular flexibility index (Phi) is 3.21. The summed E-state index contributed by atoms with van der Waals surface area (Å²) in [4.78, 5) is 2.73. The van der Waals surface area contributed by atoms with Crippen molar-refractivity contribution in [1.82, 2.24) is 4.90 Å². The third-order valence-electron chi connectivity index (χ3n) is 4.79. The minimum Gasteiger partial charge on any atom is -0.381 e. The van der Waals surface area contributed by atoms with Gasteiger partial charge in [-0.15, -0.1) is 0 Å². The molecule has 2 nitrogen and oxygen atoms in total. The van der Waals surface area contributed by atoms with Gasteiger partial charge in [-0.25, -0.2) is 0 Å². The Balaban J connectivity index is 1.32. The average molecular weight is 223 g/mol. The molecule has 2 saturated carbocycles. The summed E-state index contributed by atoms with van der Waals surface area (Å²) in [5.74, 6) is 4.08. The number of likely N-dealkylation sites (tertiary alicyclic amines) is 1. The molecule has 16 heavy (non-hydrogen) atoms. The maximum absolute atomic E-state index is 5.49. The predicted octanol–water partition coefficient (Wildman–Crippen LogP) is 2.39. The summed E-state index contributed by atoms with van der Waals surface area (Å²) in [6.07, 6.45) is 5.86. The summed E-state index contributed by atoms with van der Waals surface area (Å²) in [5.41, 5.74) is 0. The molecule has 1 aliphatic heterocycles. The molecule has 3 aliphatic rings. The molecule has 2 atom stereocenters. The van der Waals surface area contributed by atoms with Gasteiger partial charge in [-0.05, 0) is 62.8 Å². The van der Waals surface area contributed by atoms with Crippen molar-refractivity contribution >= 4 is 0 Å². The molecule has 0 aromatic heterocycles. The van der Waals surface area contributed by atoms with Crippen LogP contribution in [0.4, 0.5) is 0 Å². The number of nitrogens with zero attached hydrogens (tertiary/aromatic N) is 1. The molecule has 92 valence electrons. The van der Waals surface area contributed by atoms with E-state index in [-0.39, 0.29) is 0 Å². The second kappa shape index (κ2) is 4.66. The summed E-state index contributed by atoms with van der Waals surface area (Å²) in [7, 11) is 0. The number of ether oxygens (including phenoxy) is 1. The van der Waals surface area contributed by atoms with Crippen molar-refractivity contribution in [1.29, 1.82) is 0 Å². The largest absolute Gasteiger partial charge is 0.381 e. The number of fused-ring (bicyclic) bond motifs is 1. The molecule has 3 fully saturated rings. The molecular formula is C14H25NO. The van der Waals surface area contributed by atoms with Crippen LogP contribution in [0.1, 0.15) is 32.6 Å². The Morgan fingerprint density at radius 2 is 2.00 bits per heavy atom. The maximum Gasteiger partial charge on any atom is 0.0494 e. The van der Waals surface area contributed by atoms with E-state index in [0.717, 1.165) is 36.9 Å². The van der Waals surface area contributed by atoms with Crippen LogP contribution >= 0.6 is 0 Å². The van der Waals surface area contributed by atoms with Gasteiger partial charge in [0.1, 0.15) is 0 Å². The number of hydrogen-bond donors (Lipinski definition) is 0. The highest BCUT2D eigenvalue weighted by molar-refractivity contribution is 4.94. The van der Waals surface area contributed by atoms with Gasteiger partial charge in [0.25, 0.3) is 0 Å². The van der Waals surface area contributed by atoms with Crippen molar-refractivity contribution < 1.29 is 4.74 Å². The standard InChI is InChI=1S/C14H25NO/c1-2-16-10-12-5-11(6-12)8-15-4-3-13-7-14(13)9-15/h11-14H,2-10H2,1H3. The number of piperidine rings is 1. The first-order valence-corrected chi connectivity index (χ1v) is 7.15. The lowest BCUT2D eigenvalue weighted by molar-refractivity contribution is 0.0329. The van der Waals surface area contributed by atoms with E-state index in [9.17, 15) is 0 Å². The van der Waals surface area contributed by atoms with Crippen molar-refractivity contribution in [2.45, 2.75) is 32.6 Å². The third-order valence-corrected chi connectivity index (χ3v) is 4.79. The van der Waals surface area contributed by atoms with E-state index in [1.165, 1.54) is 45.3 Å². The van der Waals surface area contributed by atoms with E-state index in [4.69, 9.17) is 4.74 Å². The summed E-state index contributed by atoms with van der Waals surface area (Å²) in [5, 5.41) is 0. The van der Waals surface area contributed by atoms with E-state index in [0.29, 0.717) is 0 Å². The van der Waals surface area contributed by atoms with Gasteiger partial charge in [0.2, 0.25) is 0 Å². The van der Waals surface area contributed by atoms with E-state index in [1.807, 2.05) is 0 Å². The summed E-state index contributed by atoms with van der Waals surface area (Å²) in [6.45, 7) is 8.17. The SMILES string of the molecule is CCOCC1CC(CN2CCC3CC3C2)C1. The topological polar surface area (TPSA) is 12.5 Å². The zero-order valence-corrected chi connectivity index (χ0v) is 10.5. The van der Waals surface area contributed by atoms with Gasteiger partial charge in [0, 0.05) is 26.3 Å². The summed E-state index contributed by atoms with van der Waals surface area (Å²) < 4.78 is 5.49. The molecule has 1 saturated heterocycles. The van der Waals surface area contributed by atoms with Crippen LogP contribution in [-0.2, 0) is 4.74 Å². The van der Waals surface area contributed by atoms with Gasteiger partial charge in [-0.3, -0.25) is 0 Å². The normalized spacial score (nSPS) is 42.6. The summed E-state index contributed by atoms with van der Waals surface area (Å²) in [6, 6.07) is 0. The minimum atomic E-state index is 0.878. The van der Waals surface area contributed by atoms with Crippen molar-refractivity contribution in [2.24, 2.45) is 23.7 Å². The molecule has 0 spiro atoms. The Morgan fingerprint density at radius 3 is 2.75 bits per heavy atom. The van der Waals surface area contributed by atoms with Crippen LogP contribution < -0.4 is 0 Å². The monoisotopic (exact) mass is 223 g/mol. The van der Waals surface area contributed by atoms with Crippen LogP contribution in [0.25, 0.3) is 0 Å². The van der Waals surface area contributed by atoms with Gasteiger partial charge >= 0.3 is 0 Å². The van der Waals surface area contributed by atoms with Crippen LogP contribution in [0, 0.1) is 23.7 Å². The Hall–Kier alpha value is -0.0800. The molecule has 0 aromatic rings. The Morgan fingerprint density at radius 1 is 1.12 bits per heavy atom. The van der Waals surface area contributed by atoms with Crippen molar-refractivity contribution in [3.63, 3.8) is 0 Å². The molecule has 0 N–H and O–H groups in total. The smallest absolute Gasteiger partial charge is 0.0494 e. The zero-order chi connectivity index (χ0) is 11.0. The average Bonchev–Trinajstić information content (AvgIpc) is 2.99. The highest BCUT2D eigenvalue weighted by atomic mass is 16.5. The lowest BCUT2D eigenvalue weighted by Gasteiger charge is -2.39. The molecule has 0 bridgehead atoms. The molecule has 2 aliphatic carbocycles. The Labute approximate surface area is 99.3 Å². The quantitative estimate of drug-likeness (QED) is 0.709. The maximum atomic E-state index is 5.49. The fourth-order valence-corrected chi connectivity index (χ4v) is 3.63. The van der Waals surface area contributed by atoms with Gasteiger partial charge in [-0.1, -0.05) is 0 Å². The molecule has 0 amide bonds. The first kappa shape index (κ1) is 11.0.